The van der Waals surface area contributed by atoms with Gasteiger partial charge in [-0.05, 0) is 28.9 Å². The van der Waals surface area contributed by atoms with Crippen LogP contribution in [0.2, 0.25) is 0 Å². The number of ether oxygens (including phenoxy) is 1. The molecule has 0 amide bonds. The van der Waals surface area contributed by atoms with Crippen molar-refractivity contribution in [1.82, 2.24) is 15.3 Å². The van der Waals surface area contributed by atoms with E-state index in [0.29, 0.717) is 11.8 Å². The molecule has 1 aromatic heterocycles. The second-order valence-corrected chi connectivity index (χ2v) is 4.55. The zero-order valence-electron chi connectivity index (χ0n) is 10.5. The molecule has 6 heteroatoms. The summed E-state index contributed by atoms with van der Waals surface area (Å²) in [4.78, 5) is 10.6. The Morgan fingerprint density at radius 1 is 1.47 bits per heavy atom. The number of anilines is 1. The third kappa shape index (κ3) is 4.47. The van der Waals surface area contributed by atoms with Crippen molar-refractivity contribution in [2.45, 2.75) is 13.3 Å². The molecule has 0 radical (unpaired) electrons. The molecule has 1 N–H and O–H groups in total. The van der Waals surface area contributed by atoms with Gasteiger partial charge in [0.1, 0.15) is 0 Å². The monoisotopic (exact) mass is 302 g/mol. The Labute approximate surface area is 111 Å². The summed E-state index contributed by atoms with van der Waals surface area (Å²) in [7, 11) is 3.57. The van der Waals surface area contributed by atoms with Gasteiger partial charge < -0.3 is 15.0 Å². The molecule has 0 saturated carbocycles. The predicted molar refractivity (Wildman–Crippen MR) is 72.7 cm³/mol. The zero-order chi connectivity index (χ0) is 12.7. The highest BCUT2D eigenvalue weighted by Gasteiger charge is 2.08. The third-order valence-corrected chi connectivity index (χ3v) is 2.83. The summed E-state index contributed by atoms with van der Waals surface area (Å²) in [5.74, 6) is 1.23. The van der Waals surface area contributed by atoms with Gasteiger partial charge in [0.25, 0.3) is 0 Å². The van der Waals surface area contributed by atoms with Crippen LogP contribution in [0.4, 0.5) is 5.95 Å². The molecule has 0 aromatic carbocycles. The van der Waals surface area contributed by atoms with Crippen LogP contribution in [0, 0.1) is 0 Å². The normalized spacial score (nSPS) is 10.4. The first-order chi connectivity index (χ1) is 8.19. The van der Waals surface area contributed by atoms with E-state index >= 15 is 0 Å². The minimum Gasteiger partial charge on any atom is -0.480 e. The van der Waals surface area contributed by atoms with Gasteiger partial charge in [-0.1, -0.05) is 6.92 Å². The van der Waals surface area contributed by atoms with Gasteiger partial charge >= 0.3 is 0 Å². The summed E-state index contributed by atoms with van der Waals surface area (Å²) in [6, 6.07) is 0. The number of aromatic nitrogens is 2. The van der Waals surface area contributed by atoms with E-state index in [1.165, 1.54) is 0 Å². The van der Waals surface area contributed by atoms with Gasteiger partial charge in [-0.15, -0.1) is 0 Å². The van der Waals surface area contributed by atoms with E-state index in [-0.39, 0.29) is 0 Å². The van der Waals surface area contributed by atoms with Crippen LogP contribution in [0.5, 0.6) is 5.88 Å². The fourth-order valence-electron chi connectivity index (χ4n) is 1.32. The van der Waals surface area contributed by atoms with Crippen LogP contribution < -0.4 is 15.0 Å². The molecule has 5 nitrogen and oxygen atoms in total. The maximum atomic E-state index is 5.14. The molecular formula is C11H19BrN4O. The minimum atomic E-state index is 0.559. The Kier molecular flexibility index (Phi) is 6.21. The molecule has 17 heavy (non-hydrogen) atoms. The highest BCUT2D eigenvalue weighted by Crippen LogP contribution is 2.22. The van der Waals surface area contributed by atoms with E-state index in [0.717, 1.165) is 30.5 Å². The van der Waals surface area contributed by atoms with Crippen molar-refractivity contribution in [3.05, 3.63) is 10.7 Å². The number of halogens is 1. The van der Waals surface area contributed by atoms with E-state index in [1.54, 1.807) is 13.3 Å². The molecule has 0 aliphatic rings. The molecule has 0 unspecified atom stereocenters. The summed E-state index contributed by atoms with van der Waals surface area (Å²) < 4.78 is 5.90. The molecule has 0 saturated heterocycles. The highest BCUT2D eigenvalue weighted by molar-refractivity contribution is 9.10. The largest absolute Gasteiger partial charge is 0.480 e. The topological polar surface area (TPSA) is 50.3 Å². The van der Waals surface area contributed by atoms with Gasteiger partial charge in [0.15, 0.2) is 0 Å². The van der Waals surface area contributed by atoms with Crippen LogP contribution >= 0.6 is 15.9 Å². The van der Waals surface area contributed by atoms with E-state index in [9.17, 15) is 0 Å². The van der Waals surface area contributed by atoms with Gasteiger partial charge in [0.05, 0.1) is 17.8 Å². The first kappa shape index (κ1) is 14.2. The first-order valence-electron chi connectivity index (χ1n) is 5.67. The second kappa shape index (κ2) is 7.45. The van der Waals surface area contributed by atoms with Gasteiger partial charge in [0.2, 0.25) is 11.8 Å². The van der Waals surface area contributed by atoms with E-state index in [1.807, 2.05) is 11.9 Å². The maximum Gasteiger partial charge on any atom is 0.232 e. The Bertz CT molecular complexity index is 348. The minimum absolute atomic E-state index is 0.559. The summed E-state index contributed by atoms with van der Waals surface area (Å²) >= 11 is 3.33. The van der Waals surface area contributed by atoms with Crippen molar-refractivity contribution in [2.75, 3.05) is 38.7 Å². The summed E-state index contributed by atoms with van der Waals surface area (Å²) in [6.45, 7) is 4.98. The number of methoxy groups -OCH3 is 1. The third-order valence-electron chi connectivity index (χ3n) is 2.28. The van der Waals surface area contributed by atoms with Crippen molar-refractivity contribution in [3.63, 3.8) is 0 Å². The smallest absolute Gasteiger partial charge is 0.232 e. The number of nitrogens with zero attached hydrogens (tertiary/aromatic N) is 3. The Balaban J connectivity index is 2.53. The standard InChI is InChI=1S/C11H19BrN4O/c1-4-5-13-6-7-16(2)11-14-8-9(12)10(15-11)17-3/h8,13H,4-7H2,1-3H3. The SMILES string of the molecule is CCCNCCN(C)c1ncc(Br)c(OC)n1. The summed E-state index contributed by atoms with van der Waals surface area (Å²) in [5.41, 5.74) is 0. The number of likely N-dealkylation sites (N-methyl/N-ethyl adjacent to an activating group) is 1. The fourth-order valence-corrected chi connectivity index (χ4v) is 1.67. The van der Waals surface area contributed by atoms with Gasteiger partial charge in [-0.2, -0.15) is 4.98 Å². The molecule has 1 aromatic rings. The molecule has 1 rings (SSSR count). The van der Waals surface area contributed by atoms with E-state index in [2.05, 4.69) is 38.1 Å². The molecule has 1 heterocycles. The number of nitrogens with one attached hydrogen (secondary N) is 1. The Morgan fingerprint density at radius 2 is 2.24 bits per heavy atom. The van der Waals surface area contributed by atoms with Crippen LogP contribution in [0.1, 0.15) is 13.3 Å². The van der Waals surface area contributed by atoms with Crippen molar-refractivity contribution in [3.8, 4) is 5.88 Å². The quantitative estimate of drug-likeness (QED) is 0.777. The highest BCUT2D eigenvalue weighted by atomic mass is 79.9. The Hall–Kier alpha value is -0.880. The Morgan fingerprint density at radius 3 is 2.88 bits per heavy atom. The molecule has 0 aliphatic heterocycles. The van der Waals surface area contributed by atoms with Gasteiger partial charge in [-0.3, -0.25) is 0 Å². The lowest BCUT2D eigenvalue weighted by Crippen LogP contribution is -2.30. The molecule has 0 atom stereocenters. The van der Waals surface area contributed by atoms with Gasteiger partial charge in [0, 0.05) is 20.1 Å². The lowest BCUT2D eigenvalue weighted by Gasteiger charge is -2.17. The maximum absolute atomic E-state index is 5.14. The van der Waals surface area contributed by atoms with Gasteiger partial charge in [-0.25, -0.2) is 4.98 Å². The molecule has 0 bridgehead atoms. The lowest BCUT2D eigenvalue weighted by atomic mass is 10.4. The van der Waals surface area contributed by atoms with Crippen LogP contribution in [-0.2, 0) is 0 Å². The molecule has 96 valence electrons. The number of rotatable bonds is 7. The second-order valence-electron chi connectivity index (χ2n) is 3.70. The summed E-state index contributed by atoms with van der Waals surface area (Å²) in [6.07, 6.45) is 2.85. The van der Waals surface area contributed by atoms with Crippen molar-refractivity contribution < 1.29 is 4.74 Å². The van der Waals surface area contributed by atoms with Crippen molar-refractivity contribution >= 4 is 21.9 Å². The summed E-state index contributed by atoms with van der Waals surface area (Å²) in [5, 5.41) is 3.34. The fraction of sp³-hybridized carbons (Fsp3) is 0.636. The van der Waals surface area contributed by atoms with E-state index < -0.39 is 0 Å². The molecule has 0 spiro atoms. The van der Waals surface area contributed by atoms with Crippen LogP contribution in [0.15, 0.2) is 10.7 Å². The average Bonchev–Trinajstić information content (AvgIpc) is 2.35. The van der Waals surface area contributed by atoms with E-state index in [4.69, 9.17) is 4.74 Å². The lowest BCUT2D eigenvalue weighted by molar-refractivity contribution is 0.394. The van der Waals surface area contributed by atoms with Crippen molar-refractivity contribution in [1.29, 1.82) is 0 Å². The van der Waals surface area contributed by atoms with Crippen LogP contribution in [-0.4, -0.2) is 43.8 Å². The van der Waals surface area contributed by atoms with Crippen LogP contribution in [0.25, 0.3) is 0 Å². The number of hydrogen-bond donors (Lipinski definition) is 1. The van der Waals surface area contributed by atoms with Crippen LogP contribution in [0.3, 0.4) is 0 Å². The molecule has 0 fully saturated rings. The van der Waals surface area contributed by atoms with Crippen molar-refractivity contribution in [2.24, 2.45) is 0 Å². The average molecular weight is 303 g/mol. The molecule has 0 aliphatic carbocycles. The zero-order valence-corrected chi connectivity index (χ0v) is 12.1. The predicted octanol–water partition coefficient (Wildman–Crippen LogP) is 1.68. The number of hydrogen-bond acceptors (Lipinski definition) is 5. The molecular weight excluding hydrogens is 284 g/mol. The first-order valence-corrected chi connectivity index (χ1v) is 6.46.